The van der Waals surface area contributed by atoms with E-state index in [0.29, 0.717) is 0 Å². The molecule has 1 unspecified atom stereocenters. The molecule has 1 aromatic heterocycles. The fourth-order valence-electron chi connectivity index (χ4n) is 1.70. The minimum atomic E-state index is -4.41. The maximum absolute atomic E-state index is 12.4. The van der Waals surface area contributed by atoms with Crippen molar-refractivity contribution in [1.82, 2.24) is 5.32 Å². The largest absolute Gasteiger partial charge is 0.491 e. The van der Waals surface area contributed by atoms with Crippen LogP contribution in [0.5, 0.6) is 5.75 Å². The van der Waals surface area contributed by atoms with Gasteiger partial charge in [0.15, 0.2) is 5.76 Å². The van der Waals surface area contributed by atoms with Gasteiger partial charge in [0.25, 0.3) is 5.91 Å². The smallest absolute Gasteiger partial charge is 0.416 e. The van der Waals surface area contributed by atoms with E-state index in [-0.39, 0.29) is 24.7 Å². The third kappa shape index (κ3) is 5.03. The molecule has 2 N–H and O–H groups in total. The maximum Gasteiger partial charge on any atom is 0.416 e. The fraction of sp³-hybridized carbons (Fsp3) is 0.267. The van der Waals surface area contributed by atoms with E-state index in [1.54, 1.807) is 6.07 Å². The zero-order valence-corrected chi connectivity index (χ0v) is 11.8. The maximum atomic E-state index is 12.4. The first-order chi connectivity index (χ1) is 10.9. The molecule has 0 bridgehead atoms. The van der Waals surface area contributed by atoms with Crippen LogP contribution in [0.4, 0.5) is 13.2 Å². The summed E-state index contributed by atoms with van der Waals surface area (Å²) in [5, 5.41) is 12.1. The molecule has 2 aromatic rings. The van der Waals surface area contributed by atoms with Gasteiger partial charge in [-0.2, -0.15) is 13.2 Å². The van der Waals surface area contributed by atoms with Gasteiger partial charge in [0.05, 0.1) is 11.8 Å². The fourth-order valence-corrected chi connectivity index (χ4v) is 1.70. The lowest BCUT2D eigenvalue weighted by Gasteiger charge is -2.13. The first-order valence-electron chi connectivity index (χ1n) is 6.66. The summed E-state index contributed by atoms with van der Waals surface area (Å²) in [5.74, 6) is -0.182. The van der Waals surface area contributed by atoms with Crippen molar-refractivity contribution in [1.29, 1.82) is 0 Å². The highest BCUT2D eigenvalue weighted by Gasteiger charge is 2.30. The number of halogens is 3. The summed E-state index contributed by atoms with van der Waals surface area (Å²) in [6.07, 6.45) is -4.08. The number of amides is 1. The van der Waals surface area contributed by atoms with Crippen LogP contribution in [0.1, 0.15) is 16.1 Å². The summed E-state index contributed by atoms with van der Waals surface area (Å²) in [7, 11) is 0. The van der Waals surface area contributed by atoms with E-state index in [1.807, 2.05) is 0 Å². The van der Waals surface area contributed by atoms with Crippen LogP contribution in [0.2, 0.25) is 0 Å². The van der Waals surface area contributed by atoms with Crippen LogP contribution in [-0.2, 0) is 6.18 Å². The van der Waals surface area contributed by atoms with Gasteiger partial charge in [0.1, 0.15) is 18.5 Å². The van der Waals surface area contributed by atoms with E-state index < -0.39 is 23.8 Å². The van der Waals surface area contributed by atoms with Crippen LogP contribution in [0.25, 0.3) is 0 Å². The lowest BCUT2D eigenvalue weighted by atomic mass is 10.2. The highest BCUT2D eigenvalue weighted by atomic mass is 19.4. The molecule has 124 valence electrons. The molecule has 0 aliphatic heterocycles. The van der Waals surface area contributed by atoms with Crippen LogP contribution in [0, 0.1) is 0 Å². The molecule has 0 aliphatic carbocycles. The quantitative estimate of drug-likeness (QED) is 0.854. The minimum Gasteiger partial charge on any atom is -0.491 e. The van der Waals surface area contributed by atoms with Gasteiger partial charge in [-0.05, 0) is 36.4 Å². The van der Waals surface area contributed by atoms with Crippen molar-refractivity contribution in [2.75, 3.05) is 13.2 Å². The average molecular weight is 329 g/mol. The number of carbonyl (C=O) groups excluding carboxylic acids is 1. The summed E-state index contributed by atoms with van der Waals surface area (Å²) >= 11 is 0. The van der Waals surface area contributed by atoms with Gasteiger partial charge in [-0.25, -0.2) is 0 Å². The molecule has 2 rings (SSSR count). The van der Waals surface area contributed by atoms with E-state index in [9.17, 15) is 23.1 Å². The van der Waals surface area contributed by atoms with Gasteiger partial charge in [-0.1, -0.05) is 0 Å². The average Bonchev–Trinajstić information content (AvgIpc) is 3.04. The Labute approximate surface area is 129 Å². The number of carbonyl (C=O) groups is 1. The van der Waals surface area contributed by atoms with Crippen LogP contribution in [0.15, 0.2) is 47.1 Å². The Morgan fingerprint density at radius 3 is 2.52 bits per heavy atom. The number of hydrogen-bond donors (Lipinski definition) is 2. The van der Waals surface area contributed by atoms with Crippen molar-refractivity contribution in [3.63, 3.8) is 0 Å². The summed E-state index contributed by atoms with van der Waals surface area (Å²) < 4.78 is 47.2. The Hall–Kier alpha value is -2.48. The first-order valence-corrected chi connectivity index (χ1v) is 6.66. The Morgan fingerprint density at radius 1 is 1.26 bits per heavy atom. The molecule has 8 heteroatoms. The molecule has 0 radical (unpaired) electrons. The number of aliphatic hydroxyl groups is 1. The minimum absolute atomic E-state index is 0.0832. The first kappa shape index (κ1) is 16.9. The Morgan fingerprint density at radius 2 is 1.96 bits per heavy atom. The normalized spacial score (nSPS) is 12.7. The molecule has 1 aromatic carbocycles. The molecule has 23 heavy (non-hydrogen) atoms. The highest BCUT2D eigenvalue weighted by molar-refractivity contribution is 5.91. The standard InChI is InChI=1S/C15H14F3NO4/c16-15(17,18)10-3-5-12(6-4-10)23-9-11(20)8-19-14(21)13-2-1-7-22-13/h1-7,11,20H,8-9H2,(H,19,21). The van der Waals surface area contributed by atoms with E-state index in [0.717, 1.165) is 24.3 Å². The van der Waals surface area contributed by atoms with Gasteiger partial charge in [0, 0.05) is 6.54 Å². The number of alkyl halides is 3. The van der Waals surface area contributed by atoms with Gasteiger partial charge in [-0.3, -0.25) is 4.79 Å². The molecule has 0 aliphatic rings. The lowest BCUT2D eigenvalue weighted by Crippen LogP contribution is -2.35. The molecule has 1 heterocycles. The van der Waals surface area contributed by atoms with Crippen LogP contribution in [0.3, 0.4) is 0 Å². The topological polar surface area (TPSA) is 71.7 Å². The predicted octanol–water partition coefficient (Wildman–Crippen LogP) is 2.47. The van der Waals surface area contributed by atoms with Crippen LogP contribution < -0.4 is 10.1 Å². The third-order valence-electron chi connectivity index (χ3n) is 2.87. The summed E-state index contributed by atoms with van der Waals surface area (Å²) in [6.45, 7) is -0.260. The van der Waals surface area contributed by atoms with Crippen molar-refractivity contribution < 1.29 is 32.2 Å². The lowest BCUT2D eigenvalue weighted by molar-refractivity contribution is -0.137. The number of nitrogens with one attached hydrogen (secondary N) is 1. The van der Waals surface area contributed by atoms with E-state index >= 15 is 0 Å². The molecular weight excluding hydrogens is 315 g/mol. The summed E-state index contributed by atoms with van der Waals surface area (Å²) in [5.41, 5.74) is -0.781. The number of hydrogen-bond acceptors (Lipinski definition) is 4. The monoisotopic (exact) mass is 329 g/mol. The molecule has 0 fully saturated rings. The number of aliphatic hydroxyl groups excluding tert-OH is 1. The second-order valence-electron chi connectivity index (χ2n) is 4.67. The number of benzene rings is 1. The van der Waals surface area contributed by atoms with Crippen LogP contribution >= 0.6 is 0 Å². The second-order valence-corrected chi connectivity index (χ2v) is 4.67. The van der Waals surface area contributed by atoms with E-state index in [2.05, 4.69) is 5.32 Å². The van der Waals surface area contributed by atoms with Crippen molar-refractivity contribution in [3.8, 4) is 5.75 Å². The number of rotatable bonds is 6. The number of furan rings is 1. The van der Waals surface area contributed by atoms with Gasteiger partial charge in [0.2, 0.25) is 0 Å². The highest BCUT2D eigenvalue weighted by Crippen LogP contribution is 2.30. The third-order valence-corrected chi connectivity index (χ3v) is 2.87. The molecule has 5 nitrogen and oxygen atoms in total. The molecular formula is C15H14F3NO4. The van der Waals surface area contributed by atoms with Crippen LogP contribution in [-0.4, -0.2) is 30.3 Å². The number of ether oxygens (including phenoxy) is 1. The Kier molecular flexibility index (Phi) is 5.28. The van der Waals surface area contributed by atoms with Crippen molar-refractivity contribution in [2.24, 2.45) is 0 Å². The van der Waals surface area contributed by atoms with E-state index in [1.165, 1.54) is 12.3 Å². The molecule has 0 spiro atoms. The molecule has 0 saturated carbocycles. The molecule has 1 amide bonds. The zero-order chi connectivity index (χ0) is 16.9. The second kappa shape index (κ2) is 7.19. The van der Waals surface area contributed by atoms with Crippen molar-refractivity contribution in [2.45, 2.75) is 12.3 Å². The Balaban J connectivity index is 1.76. The molecule has 1 atom stereocenters. The zero-order valence-electron chi connectivity index (χ0n) is 11.8. The van der Waals surface area contributed by atoms with E-state index in [4.69, 9.17) is 9.15 Å². The summed E-state index contributed by atoms with van der Waals surface area (Å²) in [4.78, 5) is 11.6. The van der Waals surface area contributed by atoms with Gasteiger partial charge in [-0.15, -0.1) is 0 Å². The predicted molar refractivity (Wildman–Crippen MR) is 74.0 cm³/mol. The molecule has 0 saturated heterocycles. The van der Waals surface area contributed by atoms with Crippen molar-refractivity contribution >= 4 is 5.91 Å². The Bertz CT molecular complexity index is 623. The summed E-state index contributed by atoms with van der Waals surface area (Å²) in [6, 6.07) is 7.13. The van der Waals surface area contributed by atoms with Gasteiger partial charge >= 0.3 is 6.18 Å². The SMILES string of the molecule is O=C(NCC(O)COc1ccc(C(F)(F)F)cc1)c1ccco1. The van der Waals surface area contributed by atoms with Gasteiger partial charge < -0.3 is 19.6 Å². The van der Waals surface area contributed by atoms with Crippen molar-refractivity contribution in [3.05, 3.63) is 54.0 Å².